The number of hydrogen-bond donors (Lipinski definition) is 1. The predicted molar refractivity (Wildman–Crippen MR) is 105 cm³/mol. The Bertz CT molecular complexity index is 1210. The molecule has 0 fully saturated rings. The number of rotatable bonds is 4. The Kier molecular flexibility index (Phi) is 4.75. The quantitative estimate of drug-likeness (QED) is 0.701. The van der Waals surface area contributed by atoms with Gasteiger partial charge in [0.2, 0.25) is 15.9 Å². The standard InChI is InChI=1S/C19H19FN4O4S/c1-12(25)24-7-8-28-18-6-4-14(10-17(18)24)29(26,27)23(2)11-19-21-15-5-3-13(20)9-16(15)22-19/h3-6,9-10H,7-8,11H2,1-2H3,(H,21,22). The van der Waals surface area contributed by atoms with E-state index < -0.39 is 15.8 Å². The van der Waals surface area contributed by atoms with Gasteiger partial charge in [-0.2, -0.15) is 4.31 Å². The third-order valence-corrected chi connectivity index (χ3v) is 6.55. The fourth-order valence-corrected chi connectivity index (χ4v) is 4.42. The van der Waals surface area contributed by atoms with Crippen molar-refractivity contribution >= 4 is 32.7 Å². The molecule has 0 saturated heterocycles. The summed E-state index contributed by atoms with van der Waals surface area (Å²) in [6.07, 6.45) is 0. The van der Waals surface area contributed by atoms with Crippen LogP contribution in [0.2, 0.25) is 0 Å². The van der Waals surface area contributed by atoms with Crippen molar-refractivity contribution in [3.05, 3.63) is 48.0 Å². The van der Waals surface area contributed by atoms with Crippen LogP contribution in [0.3, 0.4) is 0 Å². The van der Waals surface area contributed by atoms with Crippen molar-refractivity contribution in [2.45, 2.75) is 18.4 Å². The van der Waals surface area contributed by atoms with E-state index >= 15 is 0 Å². The Morgan fingerprint density at radius 1 is 1.31 bits per heavy atom. The lowest BCUT2D eigenvalue weighted by atomic mass is 10.2. The van der Waals surface area contributed by atoms with E-state index in [1.165, 1.54) is 49.2 Å². The number of aromatic nitrogens is 2. The third-order valence-electron chi connectivity index (χ3n) is 4.75. The molecular weight excluding hydrogens is 399 g/mol. The molecule has 1 N–H and O–H groups in total. The van der Waals surface area contributed by atoms with Gasteiger partial charge < -0.3 is 14.6 Å². The van der Waals surface area contributed by atoms with Crippen molar-refractivity contribution < 1.29 is 22.3 Å². The van der Waals surface area contributed by atoms with Crippen LogP contribution in [0.25, 0.3) is 11.0 Å². The minimum atomic E-state index is -3.86. The Hall–Kier alpha value is -2.98. The summed E-state index contributed by atoms with van der Waals surface area (Å²) in [7, 11) is -2.43. The lowest BCUT2D eigenvalue weighted by molar-refractivity contribution is -0.116. The molecule has 2 aromatic carbocycles. The number of nitrogens with one attached hydrogen (secondary N) is 1. The van der Waals surface area contributed by atoms with Crippen molar-refractivity contribution in [3.63, 3.8) is 0 Å². The number of anilines is 1. The maximum absolute atomic E-state index is 13.4. The lowest BCUT2D eigenvalue weighted by Crippen LogP contribution is -2.36. The molecule has 0 saturated carbocycles. The summed E-state index contributed by atoms with van der Waals surface area (Å²) in [5.41, 5.74) is 1.47. The molecule has 0 atom stereocenters. The number of nitrogens with zero attached hydrogens (tertiary/aromatic N) is 3. The average molecular weight is 418 g/mol. The summed E-state index contributed by atoms with van der Waals surface area (Å²) in [4.78, 5) is 20.6. The molecule has 4 rings (SSSR count). The van der Waals surface area contributed by atoms with Crippen LogP contribution < -0.4 is 9.64 Å². The largest absolute Gasteiger partial charge is 0.490 e. The normalized spacial score (nSPS) is 14.1. The number of halogens is 1. The summed E-state index contributed by atoms with van der Waals surface area (Å²) in [5.74, 6) is 0.266. The van der Waals surface area contributed by atoms with Gasteiger partial charge in [0, 0.05) is 14.0 Å². The van der Waals surface area contributed by atoms with Gasteiger partial charge >= 0.3 is 0 Å². The smallest absolute Gasteiger partial charge is 0.243 e. The highest BCUT2D eigenvalue weighted by molar-refractivity contribution is 7.89. The van der Waals surface area contributed by atoms with Gasteiger partial charge in [0.25, 0.3) is 0 Å². The van der Waals surface area contributed by atoms with Crippen molar-refractivity contribution in [2.75, 3.05) is 25.1 Å². The number of carbonyl (C=O) groups excluding carboxylic acids is 1. The SMILES string of the molecule is CC(=O)N1CCOc2ccc(S(=O)(=O)N(C)Cc3nc4ccc(F)cc4[nH]3)cc21. The second-order valence-corrected chi connectivity index (χ2v) is 8.80. The zero-order chi connectivity index (χ0) is 20.8. The summed E-state index contributed by atoms with van der Waals surface area (Å²) in [5, 5.41) is 0. The van der Waals surface area contributed by atoms with Crippen molar-refractivity contribution in [2.24, 2.45) is 0 Å². The van der Waals surface area contributed by atoms with Crippen molar-refractivity contribution in [1.29, 1.82) is 0 Å². The van der Waals surface area contributed by atoms with E-state index in [1.54, 1.807) is 6.07 Å². The van der Waals surface area contributed by atoms with Gasteiger partial charge in [-0.1, -0.05) is 0 Å². The Labute approximate surface area is 167 Å². The molecule has 152 valence electrons. The van der Waals surface area contributed by atoms with E-state index in [1.807, 2.05) is 0 Å². The number of carbonyl (C=O) groups is 1. The molecule has 29 heavy (non-hydrogen) atoms. The molecule has 3 aromatic rings. The number of H-pyrrole nitrogens is 1. The number of amides is 1. The van der Waals surface area contributed by atoms with Crippen LogP contribution in [0.5, 0.6) is 5.75 Å². The van der Waals surface area contributed by atoms with Gasteiger partial charge in [0.15, 0.2) is 0 Å². The van der Waals surface area contributed by atoms with E-state index in [4.69, 9.17) is 4.74 Å². The first-order chi connectivity index (χ1) is 13.8. The Morgan fingerprint density at radius 3 is 2.86 bits per heavy atom. The number of aromatic amines is 1. The van der Waals surface area contributed by atoms with Crippen LogP contribution in [0.4, 0.5) is 10.1 Å². The van der Waals surface area contributed by atoms with Gasteiger partial charge in [0.05, 0.1) is 34.7 Å². The third kappa shape index (κ3) is 3.56. The number of benzene rings is 2. The fourth-order valence-electron chi connectivity index (χ4n) is 3.27. The number of ether oxygens (including phenoxy) is 1. The van der Waals surface area contributed by atoms with Crippen LogP contribution in [0, 0.1) is 5.82 Å². The summed E-state index contributed by atoms with van der Waals surface area (Å²) >= 11 is 0. The second kappa shape index (κ2) is 7.12. The molecule has 2 heterocycles. The van der Waals surface area contributed by atoms with Gasteiger partial charge in [-0.3, -0.25) is 4.79 Å². The van der Waals surface area contributed by atoms with Crippen molar-refractivity contribution in [1.82, 2.24) is 14.3 Å². The Morgan fingerprint density at radius 2 is 2.10 bits per heavy atom. The summed E-state index contributed by atoms with van der Waals surface area (Å²) < 4.78 is 46.1. The first-order valence-electron chi connectivity index (χ1n) is 8.91. The minimum Gasteiger partial charge on any atom is -0.490 e. The molecule has 0 radical (unpaired) electrons. The molecule has 8 nitrogen and oxygen atoms in total. The first-order valence-corrected chi connectivity index (χ1v) is 10.3. The van der Waals surface area contributed by atoms with E-state index in [0.29, 0.717) is 41.4 Å². The number of fused-ring (bicyclic) bond motifs is 2. The van der Waals surface area contributed by atoms with Crippen molar-refractivity contribution in [3.8, 4) is 5.75 Å². The van der Waals surface area contributed by atoms with Gasteiger partial charge in [-0.05, 0) is 36.4 Å². The highest BCUT2D eigenvalue weighted by Crippen LogP contribution is 2.34. The second-order valence-electron chi connectivity index (χ2n) is 6.75. The first kappa shape index (κ1) is 19.3. The zero-order valence-electron chi connectivity index (χ0n) is 15.8. The monoisotopic (exact) mass is 418 g/mol. The van der Waals surface area contributed by atoms with E-state index in [9.17, 15) is 17.6 Å². The molecule has 1 aliphatic rings. The van der Waals surface area contributed by atoms with E-state index in [2.05, 4.69) is 9.97 Å². The number of hydrogen-bond acceptors (Lipinski definition) is 5. The maximum atomic E-state index is 13.4. The van der Waals surface area contributed by atoms with Crippen LogP contribution in [0.15, 0.2) is 41.3 Å². The summed E-state index contributed by atoms with van der Waals surface area (Å²) in [6.45, 7) is 2.11. The number of imidazole rings is 1. The molecule has 1 aromatic heterocycles. The van der Waals surface area contributed by atoms with Crippen LogP contribution in [-0.4, -0.2) is 48.8 Å². The highest BCUT2D eigenvalue weighted by atomic mass is 32.2. The minimum absolute atomic E-state index is 0.0252. The molecule has 10 heteroatoms. The average Bonchev–Trinajstić information content (AvgIpc) is 3.08. The molecule has 0 spiro atoms. The molecule has 0 bridgehead atoms. The van der Waals surface area contributed by atoms with Gasteiger partial charge in [0.1, 0.15) is 24.0 Å². The summed E-state index contributed by atoms with van der Waals surface area (Å²) in [6, 6.07) is 8.57. The topological polar surface area (TPSA) is 95.6 Å². The molecule has 1 aliphatic heterocycles. The van der Waals surface area contributed by atoms with E-state index in [-0.39, 0.29) is 17.3 Å². The van der Waals surface area contributed by atoms with E-state index in [0.717, 1.165) is 4.31 Å². The predicted octanol–water partition coefficient (Wildman–Crippen LogP) is 2.27. The zero-order valence-corrected chi connectivity index (χ0v) is 16.7. The van der Waals surface area contributed by atoms with Crippen LogP contribution in [-0.2, 0) is 21.4 Å². The van der Waals surface area contributed by atoms with Crippen LogP contribution >= 0.6 is 0 Å². The lowest BCUT2D eigenvalue weighted by Gasteiger charge is -2.29. The maximum Gasteiger partial charge on any atom is 0.243 e. The van der Waals surface area contributed by atoms with Gasteiger partial charge in [-0.25, -0.2) is 17.8 Å². The molecular formula is C19H19FN4O4S. The highest BCUT2D eigenvalue weighted by Gasteiger charge is 2.27. The number of sulfonamides is 1. The molecule has 0 unspecified atom stereocenters. The molecule has 1 amide bonds. The van der Waals surface area contributed by atoms with Gasteiger partial charge in [-0.15, -0.1) is 0 Å². The fraction of sp³-hybridized carbons (Fsp3) is 0.263. The molecule has 0 aliphatic carbocycles. The van der Waals surface area contributed by atoms with Crippen LogP contribution in [0.1, 0.15) is 12.7 Å². The Balaban J connectivity index is 1.63.